The van der Waals surface area contributed by atoms with Crippen LogP contribution in [0.3, 0.4) is 0 Å². The minimum absolute atomic E-state index is 0.232. The molecule has 0 saturated heterocycles. The quantitative estimate of drug-likeness (QED) is 0.642. The van der Waals surface area contributed by atoms with Gasteiger partial charge in [-0.05, 0) is 24.6 Å². The molecule has 2 heterocycles. The second kappa shape index (κ2) is 6.28. The third-order valence-electron chi connectivity index (χ3n) is 3.28. The Morgan fingerprint density at radius 1 is 1.43 bits per heavy atom. The number of nitrogens with zero attached hydrogens (tertiary/aromatic N) is 2. The van der Waals surface area contributed by atoms with Crippen LogP contribution in [0.5, 0.6) is 0 Å². The molecule has 1 aromatic carbocycles. The maximum absolute atomic E-state index is 5.92. The zero-order chi connectivity index (χ0) is 14.7. The number of benzene rings is 1. The number of hydrogen-bond acceptors (Lipinski definition) is 5. The Morgan fingerprint density at radius 3 is 3.00 bits per heavy atom. The molecule has 21 heavy (non-hydrogen) atoms. The van der Waals surface area contributed by atoms with Crippen LogP contribution in [-0.4, -0.2) is 24.6 Å². The van der Waals surface area contributed by atoms with Crippen molar-refractivity contribution in [1.82, 2.24) is 5.16 Å². The van der Waals surface area contributed by atoms with Crippen molar-refractivity contribution in [2.75, 3.05) is 13.2 Å². The second-order valence-electron chi connectivity index (χ2n) is 4.62. The van der Waals surface area contributed by atoms with Crippen molar-refractivity contribution in [2.45, 2.75) is 19.4 Å². The predicted molar refractivity (Wildman–Crippen MR) is 78.7 cm³/mol. The number of aromatic nitrogens is 1. The van der Waals surface area contributed by atoms with Crippen LogP contribution in [0, 0.1) is 0 Å². The molecule has 6 heteroatoms. The fourth-order valence-corrected chi connectivity index (χ4v) is 2.43. The van der Waals surface area contributed by atoms with Crippen LogP contribution < -0.4 is 0 Å². The zero-order valence-corrected chi connectivity index (χ0v) is 12.3. The molecule has 0 radical (unpaired) electrons. The van der Waals surface area contributed by atoms with Gasteiger partial charge >= 0.3 is 0 Å². The summed E-state index contributed by atoms with van der Waals surface area (Å²) in [5.74, 6) is 0.626. The molecule has 0 amide bonds. The second-order valence-corrected chi connectivity index (χ2v) is 5.05. The molecule has 2 aromatic rings. The molecule has 110 valence electrons. The van der Waals surface area contributed by atoms with Crippen LogP contribution in [0.25, 0.3) is 0 Å². The molecule has 0 saturated carbocycles. The highest BCUT2D eigenvalue weighted by Crippen LogP contribution is 2.33. The molecule has 1 atom stereocenters. The SMILES string of the molecule is CCO/N=C/c1onc2c1CCOC2c1ccc(Cl)cc1. The van der Waals surface area contributed by atoms with E-state index in [1.165, 1.54) is 0 Å². The summed E-state index contributed by atoms with van der Waals surface area (Å²) >= 11 is 5.92. The molecular weight excluding hydrogens is 292 g/mol. The molecule has 0 bridgehead atoms. The number of oxime groups is 1. The van der Waals surface area contributed by atoms with Gasteiger partial charge < -0.3 is 14.1 Å². The molecule has 0 N–H and O–H groups in total. The number of rotatable bonds is 4. The van der Waals surface area contributed by atoms with Crippen molar-refractivity contribution in [3.63, 3.8) is 0 Å². The fourth-order valence-electron chi connectivity index (χ4n) is 2.30. The van der Waals surface area contributed by atoms with E-state index < -0.39 is 0 Å². The molecule has 5 nitrogen and oxygen atoms in total. The van der Waals surface area contributed by atoms with Gasteiger partial charge in [-0.2, -0.15) is 0 Å². The summed E-state index contributed by atoms with van der Waals surface area (Å²) in [5, 5.41) is 8.66. The van der Waals surface area contributed by atoms with E-state index in [4.69, 9.17) is 25.7 Å². The minimum Gasteiger partial charge on any atom is -0.396 e. The third-order valence-corrected chi connectivity index (χ3v) is 3.53. The van der Waals surface area contributed by atoms with Crippen molar-refractivity contribution in [2.24, 2.45) is 5.16 Å². The lowest BCUT2D eigenvalue weighted by Gasteiger charge is -2.21. The summed E-state index contributed by atoms with van der Waals surface area (Å²) in [6, 6.07) is 7.55. The van der Waals surface area contributed by atoms with Crippen molar-refractivity contribution < 1.29 is 14.1 Å². The summed E-state index contributed by atoms with van der Waals surface area (Å²) in [7, 11) is 0. The van der Waals surface area contributed by atoms with E-state index in [0.717, 1.165) is 23.2 Å². The van der Waals surface area contributed by atoms with Gasteiger partial charge in [0.2, 0.25) is 0 Å². The molecule has 3 rings (SSSR count). The van der Waals surface area contributed by atoms with Gasteiger partial charge in [0, 0.05) is 17.0 Å². The zero-order valence-electron chi connectivity index (χ0n) is 11.6. The van der Waals surface area contributed by atoms with E-state index in [0.29, 0.717) is 24.0 Å². The lowest BCUT2D eigenvalue weighted by atomic mass is 9.98. The molecule has 0 spiro atoms. The molecule has 1 unspecified atom stereocenters. The van der Waals surface area contributed by atoms with Gasteiger partial charge in [0.25, 0.3) is 0 Å². The summed E-state index contributed by atoms with van der Waals surface area (Å²) < 4.78 is 11.2. The van der Waals surface area contributed by atoms with E-state index in [2.05, 4.69) is 10.3 Å². The smallest absolute Gasteiger partial charge is 0.184 e. The highest BCUT2D eigenvalue weighted by atomic mass is 35.5. The Kier molecular flexibility index (Phi) is 4.22. The standard InChI is InChI=1S/C15H15ClN2O3/c1-2-20-17-9-13-12-7-8-19-15(14(12)18-21-13)10-3-5-11(16)6-4-10/h3-6,9,15H,2,7-8H2,1H3/b17-9+. The number of halogens is 1. The van der Waals surface area contributed by atoms with E-state index >= 15 is 0 Å². The molecule has 1 aliphatic rings. The molecule has 1 aromatic heterocycles. The Balaban J connectivity index is 1.90. The van der Waals surface area contributed by atoms with Gasteiger partial charge in [-0.3, -0.25) is 0 Å². The molecular formula is C15H15ClN2O3. The number of hydrogen-bond donors (Lipinski definition) is 0. The Bertz CT molecular complexity index is 637. The summed E-state index contributed by atoms with van der Waals surface area (Å²) in [6.07, 6.45) is 2.07. The maximum Gasteiger partial charge on any atom is 0.184 e. The van der Waals surface area contributed by atoms with E-state index in [9.17, 15) is 0 Å². The first-order chi connectivity index (χ1) is 10.3. The largest absolute Gasteiger partial charge is 0.396 e. The number of fused-ring (bicyclic) bond motifs is 1. The predicted octanol–water partition coefficient (Wildman–Crippen LogP) is 3.36. The normalized spacial score (nSPS) is 17.9. The van der Waals surface area contributed by atoms with Crippen LogP contribution in [0.4, 0.5) is 0 Å². The van der Waals surface area contributed by atoms with Crippen LogP contribution in [0.2, 0.25) is 5.02 Å². The Labute approximate surface area is 127 Å². The summed E-state index contributed by atoms with van der Waals surface area (Å²) in [4.78, 5) is 4.96. The Morgan fingerprint density at radius 2 is 2.24 bits per heavy atom. The molecule has 0 aliphatic carbocycles. The fraction of sp³-hybridized carbons (Fsp3) is 0.333. The summed E-state index contributed by atoms with van der Waals surface area (Å²) in [6.45, 7) is 3.00. The van der Waals surface area contributed by atoms with E-state index in [1.807, 2.05) is 31.2 Å². The van der Waals surface area contributed by atoms with Crippen molar-refractivity contribution in [3.8, 4) is 0 Å². The van der Waals surface area contributed by atoms with Gasteiger partial charge in [-0.15, -0.1) is 0 Å². The summed E-state index contributed by atoms with van der Waals surface area (Å²) in [5.41, 5.74) is 2.81. The first-order valence-electron chi connectivity index (χ1n) is 6.80. The lowest BCUT2D eigenvalue weighted by Crippen LogP contribution is -2.17. The third kappa shape index (κ3) is 2.94. The highest BCUT2D eigenvalue weighted by molar-refractivity contribution is 6.30. The van der Waals surface area contributed by atoms with Crippen LogP contribution >= 0.6 is 11.6 Å². The molecule has 0 fully saturated rings. The van der Waals surface area contributed by atoms with Gasteiger partial charge in [0.1, 0.15) is 24.6 Å². The minimum atomic E-state index is -0.232. The monoisotopic (exact) mass is 306 g/mol. The van der Waals surface area contributed by atoms with Gasteiger partial charge in [0.15, 0.2) is 5.76 Å². The Hall–Kier alpha value is -1.85. The first-order valence-corrected chi connectivity index (χ1v) is 7.18. The van der Waals surface area contributed by atoms with E-state index in [-0.39, 0.29) is 6.10 Å². The number of ether oxygens (including phenoxy) is 1. The van der Waals surface area contributed by atoms with Gasteiger partial charge in [0.05, 0.1) is 6.61 Å². The van der Waals surface area contributed by atoms with Crippen LogP contribution in [-0.2, 0) is 16.0 Å². The molecule has 1 aliphatic heterocycles. The van der Waals surface area contributed by atoms with Crippen molar-refractivity contribution >= 4 is 17.8 Å². The topological polar surface area (TPSA) is 56.9 Å². The maximum atomic E-state index is 5.92. The lowest BCUT2D eigenvalue weighted by molar-refractivity contribution is 0.0657. The first kappa shape index (κ1) is 14.1. The van der Waals surface area contributed by atoms with Gasteiger partial charge in [-0.25, -0.2) is 0 Å². The average Bonchev–Trinajstić information content (AvgIpc) is 2.92. The van der Waals surface area contributed by atoms with Gasteiger partial charge in [-0.1, -0.05) is 34.0 Å². The average molecular weight is 307 g/mol. The van der Waals surface area contributed by atoms with E-state index in [1.54, 1.807) is 6.21 Å². The van der Waals surface area contributed by atoms with Crippen molar-refractivity contribution in [1.29, 1.82) is 0 Å². The van der Waals surface area contributed by atoms with Crippen LogP contribution in [0.1, 0.15) is 35.6 Å². The highest BCUT2D eigenvalue weighted by Gasteiger charge is 2.29. The van der Waals surface area contributed by atoms with Crippen molar-refractivity contribution in [3.05, 3.63) is 51.9 Å². The van der Waals surface area contributed by atoms with Crippen LogP contribution in [0.15, 0.2) is 33.9 Å².